The van der Waals surface area contributed by atoms with Crippen LogP contribution in [0.15, 0.2) is 18.2 Å². The van der Waals surface area contributed by atoms with Crippen LogP contribution in [0.1, 0.15) is 36.8 Å². The van der Waals surface area contributed by atoms with Crippen molar-refractivity contribution in [3.05, 3.63) is 29.3 Å². The number of nitriles is 1. The number of ether oxygens (including phenoxy) is 2. The molecule has 0 unspecified atom stereocenters. The van der Waals surface area contributed by atoms with E-state index in [2.05, 4.69) is 6.07 Å². The highest BCUT2D eigenvalue weighted by molar-refractivity contribution is 5.41. The van der Waals surface area contributed by atoms with Crippen molar-refractivity contribution in [2.45, 2.75) is 37.8 Å². The van der Waals surface area contributed by atoms with Crippen LogP contribution in [0.2, 0.25) is 0 Å². The first-order valence-electron chi connectivity index (χ1n) is 6.60. The zero-order valence-electron chi connectivity index (χ0n) is 11.3. The molecule has 2 N–H and O–H groups in total. The number of benzene rings is 1. The van der Waals surface area contributed by atoms with Crippen LogP contribution in [0.4, 0.5) is 0 Å². The summed E-state index contributed by atoms with van der Waals surface area (Å²) in [4.78, 5) is 0. The number of hydrogen-bond donors (Lipinski definition) is 1. The van der Waals surface area contributed by atoms with Gasteiger partial charge >= 0.3 is 0 Å². The van der Waals surface area contributed by atoms with Gasteiger partial charge in [-0.25, -0.2) is 0 Å². The Morgan fingerprint density at radius 3 is 2.74 bits per heavy atom. The molecule has 0 radical (unpaired) electrons. The predicted molar refractivity (Wildman–Crippen MR) is 72.8 cm³/mol. The van der Waals surface area contributed by atoms with Gasteiger partial charge in [0.2, 0.25) is 0 Å². The van der Waals surface area contributed by atoms with Crippen LogP contribution in [0.25, 0.3) is 0 Å². The van der Waals surface area contributed by atoms with Gasteiger partial charge in [0.05, 0.1) is 32.0 Å². The smallest absolute Gasteiger partial charge is 0.124 e. The van der Waals surface area contributed by atoms with E-state index in [1.54, 1.807) is 25.3 Å². The average molecular weight is 260 g/mol. The molecular formula is C15H20N2O2. The molecule has 2 rings (SSSR count). The quantitative estimate of drug-likeness (QED) is 0.882. The molecule has 1 saturated carbocycles. The largest absolute Gasteiger partial charge is 0.496 e. The first kappa shape index (κ1) is 13.9. The minimum Gasteiger partial charge on any atom is -0.496 e. The Balaban J connectivity index is 1.96. The van der Waals surface area contributed by atoms with Gasteiger partial charge in [0.15, 0.2) is 0 Å². The highest BCUT2D eigenvalue weighted by Crippen LogP contribution is 2.28. The number of rotatable bonds is 5. The zero-order valence-corrected chi connectivity index (χ0v) is 11.3. The molecule has 0 spiro atoms. The molecule has 4 heteroatoms. The molecule has 1 aliphatic rings. The van der Waals surface area contributed by atoms with E-state index >= 15 is 0 Å². The number of hydrogen-bond acceptors (Lipinski definition) is 4. The molecule has 0 aromatic heterocycles. The van der Waals surface area contributed by atoms with Crippen LogP contribution in [0.5, 0.6) is 5.75 Å². The van der Waals surface area contributed by atoms with E-state index in [-0.39, 0.29) is 5.54 Å². The van der Waals surface area contributed by atoms with Gasteiger partial charge in [-0.3, -0.25) is 0 Å². The maximum Gasteiger partial charge on any atom is 0.124 e. The van der Waals surface area contributed by atoms with E-state index in [1.807, 2.05) is 0 Å². The monoisotopic (exact) mass is 260 g/mol. The summed E-state index contributed by atoms with van der Waals surface area (Å²) in [5.74, 6) is 0.747. The maximum absolute atomic E-state index is 8.91. The van der Waals surface area contributed by atoms with Gasteiger partial charge in [0, 0.05) is 11.1 Å². The van der Waals surface area contributed by atoms with Crippen molar-refractivity contribution in [2.75, 3.05) is 13.7 Å². The van der Waals surface area contributed by atoms with Crippen molar-refractivity contribution in [3.8, 4) is 11.8 Å². The summed E-state index contributed by atoms with van der Waals surface area (Å²) in [7, 11) is 1.62. The lowest BCUT2D eigenvalue weighted by Gasteiger charge is -2.23. The van der Waals surface area contributed by atoms with E-state index in [4.69, 9.17) is 20.5 Å². The summed E-state index contributed by atoms with van der Waals surface area (Å²) in [6.45, 7) is 0.991. The third-order valence-electron chi connectivity index (χ3n) is 3.66. The summed E-state index contributed by atoms with van der Waals surface area (Å²) < 4.78 is 11.0. The van der Waals surface area contributed by atoms with E-state index in [1.165, 1.54) is 12.8 Å². The normalized spacial score (nSPS) is 17.1. The summed E-state index contributed by atoms with van der Waals surface area (Å²) >= 11 is 0. The molecule has 1 aromatic carbocycles. The van der Waals surface area contributed by atoms with Crippen LogP contribution in [0.3, 0.4) is 0 Å². The first-order chi connectivity index (χ1) is 9.17. The van der Waals surface area contributed by atoms with E-state index in [0.29, 0.717) is 18.8 Å². The topological polar surface area (TPSA) is 68.3 Å². The fourth-order valence-corrected chi connectivity index (χ4v) is 2.55. The third-order valence-corrected chi connectivity index (χ3v) is 3.66. The fraction of sp³-hybridized carbons (Fsp3) is 0.533. The van der Waals surface area contributed by atoms with Gasteiger partial charge in [-0.2, -0.15) is 5.26 Å². The molecule has 0 atom stereocenters. The SMILES string of the molecule is COc1ccc(C#N)cc1COCC1(N)CCCC1. The molecule has 19 heavy (non-hydrogen) atoms. The molecule has 4 nitrogen and oxygen atoms in total. The van der Waals surface area contributed by atoms with Gasteiger partial charge in [-0.1, -0.05) is 12.8 Å². The van der Waals surface area contributed by atoms with Gasteiger partial charge in [-0.05, 0) is 31.0 Å². The highest BCUT2D eigenvalue weighted by atomic mass is 16.5. The second kappa shape index (κ2) is 6.05. The lowest BCUT2D eigenvalue weighted by molar-refractivity contribution is 0.0738. The molecule has 0 saturated heterocycles. The maximum atomic E-state index is 8.91. The Kier molecular flexibility index (Phi) is 4.41. The molecule has 1 aliphatic carbocycles. The van der Waals surface area contributed by atoms with Crippen molar-refractivity contribution in [1.82, 2.24) is 0 Å². The Morgan fingerprint density at radius 2 is 2.11 bits per heavy atom. The Labute approximate surface area is 114 Å². The minimum atomic E-state index is -0.167. The molecule has 0 heterocycles. The van der Waals surface area contributed by atoms with Gasteiger partial charge in [0.25, 0.3) is 0 Å². The summed E-state index contributed by atoms with van der Waals surface area (Å²) in [6.07, 6.45) is 4.44. The van der Waals surface area contributed by atoms with E-state index < -0.39 is 0 Å². The number of nitrogens with two attached hydrogens (primary N) is 1. The standard InChI is InChI=1S/C15H20N2O2/c1-18-14-5-4-12(9-16)8-13(14)10-19-11-15(17)6-2-3-7-15/h4-5,8H,2-3,6-7,10-11,17H2,1H3. The van der Waals surface area contributed by atoms with Crippen molar-refractivity contribution < 1.29 is 9.47 Å². The van der Waals surface area contributed by atoms with Crippen molar-refractivity contribution in [3.63, 3.8) is 0 Å². The molecule has 1 fully saturated rings. The van der Waals surface area contributed by atoms with Crippen LogP contribution in [0, 0.1) is 11.3 Å². The predicted octanol–water partition coefficient (Wildman–Crippen LogP) is 2.35. The Bertz CT molecular complexity index is 474. The van der Waals surface area contributed by atoms with Crippen molar-refractivity contribution in [1.29, 1.82) is 5.26 Å². The fourth-order valence-electron chi connectivity index (χ4n) is 2.55. The number of methoxy groups -OCH3 is 1. The van der Waals surface area contributed by atoms with Gasteiger partial charge in [0.1, 0.15) is 5.75 Å². The molecule has 102 valence electrons. The summed E-state index contributed by atoms with van der Waals surface area (Å²) in [6, 6.07) is 7.46. The lowest BCUT2D eigenvalue weighted by Crippen LogP contribution is -2.41. The van der Waals surface area contributed by atoms with Gasteiger partial charge in [-0.15, -0.1) is 0 Å². The summed E-state index contributed by atoms with van der Waals surface area (Å²) in [5, 5.41) is 8.91. The first-order valence-corrected chi connectivity index (χ1v) is 6.60. The van der Waals surface area contributed by atoms with Crippen molar-refractivity contribution >= 4 is 0 Å². The number of nitrogens with zero attached hydrogens (tertiary/aromatic N) is 1. The lowest BCUT2D eigenvalue weighted by atomic mass is 10.0. The third kappa shape index (κ3) is 3.46. The minimum absolute atomic E-state index is 0.167. The summed E-state index contributed by atoms with van der Waals surface area (Å²) in [5.41, 5.74) is 7.58. The molecule has 0 amide bonds. The second-order valence-corrected chi connectivity index (χ2v) is 5.20. The second-order valence-electron chi connectivity index (χ2n) is 5.20. The Hall–Kier alpha value is -1.57. The Morgan fingerprint density at radius 1 is 1.37 bits per heavy atom. The highest BCUT2D eigenvalue weighted by Gasteiger charge is 2.29. The van der Waals surface area contributed by atoms with Crippen molar-refractivity contribution in [2.24, 2.45) is 5.73 Å². The van der Waals surface area contributed by atoms with E-state index in [9.17, 15) is 0 Å². The zero-order chi connectivity index (χ0) is 13.7. The molecule has 0 bridgehead atoms. The van der Waals surface area contributed by atoms with Crippen LogP contribution in [-0.4, -0.2) is 19.3 Å². The molecule has 1 aromatic rings. The van der Waals surface area contributed by atoms with Crippen LogP contribution in [-0.2, 0) is 11.3 Å². The molecular weight excluding hydrogens is 240 g/mol. The molecule has 0 aliphatic heterocycles. The van der Waals surface area contributed by atoms with Crippen LogP contribution < -0.4 is 10.5 Å². The van der Waals surface area contributed by atoms with Gasteiger partial charge < -0.3 is 15.2 Å². The van der Waals surface area contributed by atoms with Crippen LogP contribution >= 0.6 is 0 Å². The average Bonchev–Trinajstić information content (AvgIpc) is 2.85. The van der Waals surface area contributed by atoms with E-state index in [0.717, 1.165) is 24.2 Å².